The number of benzene rings is 1. The molecule has 0 bridgehead atoms. The average molecular weight is 426 g/mol. The Hall–Kier alpha value is -3.21. The number of halogens is 3. The minimum absolute atomic E-state index is 0.0110. The van der Waals surface area contributed by atoms with Crippen molar-refractivity contribution in [2.75, 3.05) is 6.54 Å². The van der Waals surface area contributed by atoms with Gasteiger partial charge in [0, 0.05) is 22.5 Å². The number of nitrogens with one attached hydrogen (secondary N) is 2. The van der Waals surface area contributed by atoms with Crippen LogP contribution in [0.2, 0.25) is 0 Å². The molecule has 0 unspecified atom stereocenters. The van der Waals surface area contributed by atoms with Gasteiger partial charge in [0.1, 0.15) is 12.4 Å². The zero-order valence-electron chi connectivity index (χ0n) is 16.8. The van der Waals surface area contributed by atoms with Gasteiger partial charge in [0.15, 0.2) is 5.88 Å². The van der Waals surface area contributed by atoms with Gasteiger partial charge in [-0.2, -0.15) is 13.2 Å². The highest BCUT2D eigenvalue weighted by atomic mass is 19.4. The first-order valence-electron chi connectivity index (χ1n) is 9.20. The van der Waals surface area contributed by atoms with Crippen LogP contribution in [-0.4, -0.2) is 45.5 Å². The Bertz CT molecular complexity index is 979. The maximum Gasteiger partial charge on any atom is 0.405 e. The number of fused-ring (bicyclic) bond motifs is 1. The van der Waals surface area contributed by atoms with Gasteiger partial charge < -0.3 is 26.1 Å². The molecule has 0 fully saturated rings. The number of nitrogens with two attached hydrogens (primary N) is 2. The topological polar surface area (TPSA) is 133 Å². The molecule has 2 rings (SSSR count). The van der Waals surface area contributed by atoms with Crippen molar-refractivity contribution in [2.24, 2.45) is 16.6 Å². The molecule has 1 amide bonds. The standard InChI is InChI=1S/C19H25F3N6O2/c1-4-13(26-15(23)8-28(24)10(2)3)16-12-7-11(5-6-14(12)27-18(16)30)17(29)25-9-19(20,21)22/h5-8,10,27,30H,4,9,23-24H2,1-3H3,(H,25,29)/b15-8+,26-13+. The molecule has 30 heavy (non-hydrogen) atoms. The fourth-order valence-electron chi connectivity index (χ4n) is 2.69. The van der Waals surface area contributed by atoms with Crippen LogP contribution in [0.4, 0.5) is 13.2 Å². The molecule has 1 aromatic heterocycles. The number of nitrogens with zero attached hydrogens (tertiary/aromatic N) is 2. The predicted molar refractivity (Wildman–Crippen MR) is 109 cm³/mol. The van der Waals surface area contributed by atoms with Crippen molar-refractivity contribution in [3.8, 4) is 5.88 Å². The van der Waals surface area contributed by atoms with E-state index in [2.05, 4.69) is 9.98 Å². The van der Waals surface area contributed by atoms with E-state index in [9.17, 15) is 23.1 Å². The van der Waals surface area contributed by atoms with Crippen LogP contribution in [0.15, 0.2) is 35.2 Å². The van der Waals surface area contributed by atoms with Crippen LogP contribution in [0.3, 0.4) is 0 Å². The number of carbonyl (C=O) groups is 1. The largest absolute Gasteiger partial charge is 0.494 e. The minimum Gasteiger partial charge on any atom is -0.494 e. The lowest BCUT2D eigenvalue weighted by Gasteiger charge is -2.18. The van der Waals surface area contributed by atoms with Crippen molar-refractivity contribution < 1.29 is 23.1 Å². The highest BCUT2D eigenvalue weighted by Crippen LogP contribution is 2.30. The summed E-state index contributed by atoms with van der Waals surface area (Å²) in [7, 11) is 0. The maximum atomic E-state index is 12.4. The van der Waals surface area contributed by atoms with Crippen LogP contribution in [0.1, 0.15) is 43.1 Å². The van der Waals surface area contributed by atoms with E-state index < -0.39 is 18.6 Å². The van der Waals surface area contributed by atoms with Gasteiger partial charge in [-0.15, -0.1) is 0 Å². The molecule has 0 saturated heterocycles. The molecule has 0 aliphatic carbocycles. The molecule has 0 atom stereocenters. The van der Waals surface area contributed by atoms with Crippen LogP contribution in [0, 0.1) is 0 Å². The first-order valence-corrected chi connectivity index (χ1v) is 9.20. The lowest BCUT2D eigenvalue weighted by atomic mass is 10.0. The van der Waals surface area contributed by atoms with Crippen molar-refractivity contribution >= 4 is 22.5 Å². The van der Waals surface area contributed by atoms with Crippen molar-refractivity contribution in [3.05, 3.63) is 41.3 Å². The Morgan fingerprint density at radius 3 is 2.63 bits per heavy atom. The van der Waals surface area contributed by atoms with E-state index in [0.29, 0.717) is 28.6 Å². The van der Waals surface area contributed by atoms with Crippen LogP contribution >= 0.6 is 0 Å². The number of hydrogen-bond acceptors (Lipinski definition) is 6. The molecule has 0 saturated carbocycles. The van der Waals surface area contributed by atoms with Crippen LogP contribution in [0.5, 0.6) is 5.88 Å². The summed E-state index contributed by atoms with van der Waals surface area (Å²) in [5.74, 6) is 4.84. The summed E-state index contributed by atoms with van der Waals surface area (Å²) < 4.78 is 37.1. The molecule has 11 heteroatoms. The predicted octanol–water partition coefficient (Wildman–Crippen LogP) is 2.71. The van der Waals surface area contributed by atoms with E-state index in [-0.39, 0.29) is 23.3 Å². The maximum absolute atomic E-state index is 12.4. The van der Waals surface area contributed by atoms with Gasteiger partial charge in [-0.3, -0.25) is 4.79 Å². The second-order valence-electron chi connectivity index (χ2n) is 6.91. The number of aromatic amines is 1. The lowest BCUT2D eigenvalue weighted by molar-refractivity contribution is -0.123. The quantitative estimate of drug-likeness (QED) is 0.264. The molecule has 7 N–H and O–H groups in total. The Morgan fingerprint density at radius 1 is 1.40 bits per heavy atom. The number of alkyl halides is 3. The number of amides is 1. The van der Waals surface area contributed by atoms with E-state index >= 15 is 0 Å². The highest BCUT2D eigenvalue weighted by molar-refractivity contribution is 6.14. The molecule has 0 spiro atoms. The van der Waals surface area contributed by atoms with Crippen LogP contribution in [-0.2, 0) is 0 Å². The third-order valence-electron chi connectivity index (χ3n) is 4.26. The fourth-order valence-corrected chi connectivity index (χ4v) is 2.69. The van der Waals surface area contributed by atoms with E-state index in [1.165, 1.54) is 29.4 Å². The average Bonchev–Trinajstić information content (AvgIpc) is 2.98. The number of carbonyl (C=O) groups excluding carboxylic acids is 1. The summed E-state index contributed by atoms with van der Waals surface area (Å²) in [5, 5.41) is 14.0. The molecule has 0 aliphatic heterocycles. The Kier molecular flexibility index (Phi) is 6.98. The first-order chi connectivity index (χ1) is 13.9. The molecule has 164 valence electrons. The van der Waals surface area contributed by atoms with Gasteiger partial charge >= 0.3 is 6.18 Å². The summed E-state index contributed by atoms with van der Waals surface area (Å²) in [4.78, 5) is 19.2. The van der Waals surface area contributed by atoms with E-state index in [1.807, 2.05) is 19.2 Å². The monoisotopic (exact) mass is 426 g/mol. The number of aromatic nitrogens is 1. The van der Waals surface area contributed by atoms with Gasteiger partial charge in [0.05, 0.1) is 17.5 Å². The van der Waals surface area contributed by atoms with E-state index in [1.54, 1.807) is 6.92 Å². The second kappa shape index (κ2) is 9.08. The van der Waals surface area contributed by atoms with Crippen molar-refractivity contribution in [1.82, 2.24) is 15.3 Å². The number of hydrogen-bond donors (Lipinski definition) is 5. The lowest BCUT2D eigenvalue weighted by Crippen LogP contribution is -2.33. The number of hydrazine groups is 1. The number of aliphatic imine (C=N–C) groups is 1. The zero-order valence-corrected chi connectivity index (χ0v) is 16.8. The second-order valence-corrected chi connectivity index (χ2v) is 6.91. The number of aromatic hydroxyl groups is 1. The fraction of sp³-hybridized carbons (Fsp3) is 0.368. The normalized spacial score (nSPS) is 13.2. The summed E-state index contributed by atoms with van der Waals surface area (Å²) >= 11 is 0. The van der Waals surface area contributed by atoms with Gasteiger partial charge in [-0.05, 0) is 38.5 Å². The SMILES string of the molecule is CC/C(=N\C(N)=C\N(N)C(C)C)c1c(O)[nH]c2ccc(C(=O)NCC(F)(F)F)cc12. The van der Waals surface area contributed by atoms with Gasteiger partial charge in [-0.25, -0.2) is 10.8 Å². The number of rotatable bonds is 7. The Balaban J connectivity index is 2.46. The molecular weight excluding hydrogens is 401 g/mol. The minimum atomic E-state index is -4.52. The smallest absolute Gasteiger partial charge is 0.405 e. The van der Waals surface area contributed by atoms with Gasteiger partial charge in [-0.1, -0.05) is 6.92 Å². The van der Waals surface area contributed by atoms with Gasteiger partial charge in [0.25, 0.3) is 5.91 Å². The van der Waals surface area contributed by atoms with E-state index in [4.69, 9.17) is 11.6 Å². The summed E-state index contributed by atoms with van der Waals surface area (Å²) in [6.45, 7) is 4.09. The van der Waals surface area contributed by atoms with Gasteiger partial charge in [0.2, 0.25) is 0 Å². The summed E-state index contributed by atoms with van der Waals surface area (Å²) in [5.41, 5.74) is 7.16. The summed E-state index contributed by atoms with van der Waals surface area (Å²) in [6.07, 6.45) is -2.69. The molecule has 8 nitrogen and oxygen atoms in total. The van der Waals surface area contributed by atoms with Crippen molar-refractivity contribution in [1.29, 1.82) is 0 Å². The molecular formula is C19H25F3N6O2. The van der Waals surface area contributed by atoms with Crippen LogP contribution in [0.25, 0.3) is 10.9 Å². The van der Waals surface area contributed by atoms with Crippen molar-refractivity contribution in [2.45, 2.75) is 39.4 Å². The third kappa shape index (κ3) is 5.66. The molecule has 1 heterocycles. The van der Waals surface area contributed by atoms with E-state index in [0.717, 1.165) is 0 Å². The molecule has 0 radical (unpaired) electrons. The zero-order chi connectivity index (χ0) is 22.6. The Labute approximate surface area is 171 Å². The summed E-state index contributed by atoms with van der Waals surface area (Å²) in [6, 6.07) is 4.23. The molecule has 1 aromatic carbocycles. The third-order valence-corrected chi connectivity index (χ3v) is 4.26. The highest BCUT2D eigenvalue weighted by Gasteiger charge is 2.28. The van der Waals surface area contributed by atoms with Crippen molar-refractivity contribution in [3.63, 3.8) is 0 Å². The Morgan fingerprint density at radius 2 is 2.07 bits per heavy atom. The van der Waals surface area contributed by atoms with Crippen LogP contribution < -0.4 is 16.9 Å². The first kappa shape index (κ1) is 23.1. The number of H-pyrrole nitrogens is 1. The molecule has 0 aliphatic rings. The molecule has 2 aromatic rings.